The molecule has 7 heteroatoms. The average molecular weight is 330 g/mol. The van der Waals surface area contributed by atoms with Crippen molar-refractivity contribution >= 4 is 35.1 Å². The minimum Gasteiger partial charge on any atom is -0.361 e. The molecule has 0 unspecified atom stereocenters. The predicted molar refractivity (Wildman–Crippen MR) is 93.1 cm³/mol. The van der Waals surface area contributed by atoms with Crippen molar-refractivity contribution in [1.82, 2.24) is 20.5 Å². The normalized spacial score (nSPS) is 11.3. The molecule has 1 rings (SSSR count). The van der Waals surface area contributed by atoms with Gasteiger partial charge >= 0.3 is 0 Å². The number of hydrogen-bond donors (Lipinski definition) is 2. The first-order chi connectivity index (χ1) is 9.95. The molecule has 0 saturated carbocycles. The smallest absolute Gasteiger partial charge is 0.186 e. The van der Waals surface area contributed by atoms with E-state index in [1.165, 1.54) is 0 Å². The molecular weight excluding hydrogens is 306 g/mol. The van der Waals surface area contributed by atoms with Crippen molar-refractivity contribution in [3.05, 3.63) is 16.4 Å². The molecule has 0 aliphatic rings. The van der Waals surface area contributed by atoms with Gasteiger partial charge in [0, 0.05) is 13.1 Å². The van der Waals surface area contributed by atoms with Crippen molar-refractivity contribution in [2.75, 3.05) is 6.54 Å². The van der Waals surface area contributed by atoms with E-state index in [2.05, 4.69) is 41.7 Å². The maximum atomic E-state index is 6.32. The molecule has 0 aliphatic heterocycles. The molecule has 0 saturated heterocycles. The Bertz CT molecular complexity index is 496. The molecule has 5 nitrogen and oxygen atoms in total. The third kappa shape index (κ3) is 6.01. The van der Waals surface area contributed by atoms with Crippen LogP contribution in [-0.2, 0) is 6.54 Å². The lowest BCUT2D eigenvalue weighted by Gasteiger charge is -2.06. The van der Waals surface area contributed by atoms with Crippen molar-refractivity contribution in [3.63, 3.8) is 0 Å². The molecule has 0 spiro atoms. The van der Waals surface area contributed by atoms with E-state index >= 15 is 0 Å². The SMILES string of the molecule is CCCCNC(=S)N/N=C\c1c(C)nn(CC(C)C)c1Cl. The first kappa shape index (κ1) is 17.9. The van der Waals surface area contributed by atoms with Gasteiger partial charge in [0.1, 0.15) is 5.15 Å². The molecule has 0 atom stereocenters. The maximum Gasteiger partial charge on any atom is 0.186 e. The van der Waals surface area contributed by atoms with Crippen LogP contribution < -0.4 is 10.7 Å². The van der Waals surface area contributed by atoms with Crippen LogP contribution in [0.5, 0.6) is 0 Å². The highest BCUT2D eigenvalue weighted by Gasteiger charge is 2.12. The van der Waals surface area contributed by atoms with Crippen molar-refractivity contribution in [2.45, 2.75) is 47.1 Å². The summed E-state index contributed by atoms with van der Waals surface area (Å²) < 4.78 is 1.81. The summed E-state index contributed by atoms with van der Waals surface area (Å²) in [6.07, 6.45) is 3.87. The summed E-state index contributed by atoms with van der Waals surface area (Å²) in [4.78, 5) is 0. The van der Waals surface area contributed by atoms with Crippen LogP contribution in [0.3, 0.4) is 0 Å². The Balaban J connectivity index is 2.60. The minimum absolute atomic E-state index is 0.486. The number of unbranched alkanes of at least 4 members (excludes halogenated alkanes) is 1. The number of rotatable bonds is 7. The lowest BCUT2D eigenvalue weighted by atomic mass is 10.2. The first-order valence-corrected chi connectivity index (χ1v) is 8.04. The van der Waals surface area contributed by atoms with Crippen LogP contribution in [0.2, 0.25) is 5.15 Å². The van der Waals surface area contributed by atoms with Crippen molar-refractivity contribution in [1.29, 1.82) is 0 Å². The number of aromatic nitrogens is 2. The Kier molecular flexibility index (Phi) is 7.67. The fraction of sp³-hybridized carbons (Fsp3) is 0.643. The van der Waals surface area contributed by atoms with E-state index in [1.807, 2.05) is 6.92 Å². The zero-order valence-electron chi connectivity index (χ0n) is 13.1. The van der Waals surface area contributed by atoms with E-state index in [9.17, 15) is 0 Å². The topological polar surface area (TPSA) is 54.2 Å². The lowest BCUT2D eigenvalue weighted by molar-refractivity contribution is 0.482. The molecule has 21 heavy (non-hydrogen) atoms. The highest BCUT2D eigenvalue weighted by atomic mass is 35.5. The van der Waals surface area contributed by atoms with Crippen LogP contribution in [0.25, 0.3) is 0 Å². The summed E-state index contributed by atoms with van der Waals surface area (Å²) in [6.45, 7) is 9.95. The molecule has 0 aromatic carbocycles. The fourth-order valence-corrected chi connectivity index (χ4v) is 2.20. The second kappa shape index (κ2) is 9.00. The number of hydrogen-bond acceptors (Lipinski definition) is 3. The van der Waals surface area contributed by atoms with Crippen molar-refractivity contribution in [3.8, 4) is 0 Å². The molecule has 0 amide bonds. The van der Waals surface area contributed by atoms with Gasteiger partial charge in [0.2, 0.25) is 0 Å². The second-order valence-corrected chi connectivity index (χ2v) is 6.11. The van der Waals surface area contributed by atoms with Gasteiger partial charge in [-0.15, -0.1) is 0 Å². The zero-order valence-corrected chi connectivity index (χ0v) is 14.7. The largest absolute Gasteiger partial charge is 0.361 e. The molecule has 2 N–H and O–H groups in total. The monoisotopic (exact) mass is 329 g/mol. The van der Waals surface area contributed by atoms with Gasteiger partial charge in [0.05, 0.1) is 17.5 Å². The van der Waals surface area contributed by atoms with Crippen LogP contribution in [0.15, 0.2) is 5.10 Å². The number of hydrazone groups is 1. The van der Waals surface area contributed by atoms with Crippen LogP contribution >= 0.6 is 23.8 Å². The van der Waals surface area contributed by atoms with Crippen LogP contribution in [-0.4, -0.2) is 27.7 Å². The molecule has 1 heterocycles. The zero-order chi connectivity index (χ0) is 15.8. The highest BCUT2D eigenvalue weighted by molar-refractivity contribution is 7.80. The van der Waals surface area contributed by atoms with Gasteiger partial charge in [0.15, 0.2) is 5.11 Å². The van der Waals surface area contributed by atoms with E-state index < -0.39 is 0 Å². The molecule has 1 aromatic rings. The number of halogens is 1. The van der Waals surface area contributed by atoms with Gasteiger partial charge in [0.25, 0.3) is 0 Å². The third-order valence-electron chi connectivity index (χ3n) is 2.82. The van der Waals surface area contributed by atoms with E-state index in [1.54, 1.807) is 10.9 Å². The van der Waals surface area contributed by atoms with Gasteiger partial charge in [-0.1, -0.05) is 38.8 Å². The summed E-state index contributed by atoms with van der Waals surface area (Å²) in [5.41, 5.74) is 4.47. The molecule has 1 aromatic heterocycles. The van der Waals surface area contributed by atoms with E-state index in [4.69, 9.17) is 23.8 Å². The summed E-state index contributed by atoms with van der Waals surface area (Å²) in [5.74, 6) is 0.486. The van der Waals surface area contributed by atoms with Gasteiger partial charge in [-0.25, -0.2) is 0 Å². The van der Waals surface area contributed by atoms with E-state index in [0.717, 1.165) is 37.2 Å². The Hall–Kier alpha value is -1.14. The van der Waals surface area contributed by atoms with E-state index in [0.29, 0.717) is 16.2 Å². The van der Waals surface area contributed by atoms with Gasteiger partial charge in [-0.05, 0) is 31.5 Å². The van der Waals surface area contributed by atoms with Gasteiger partial charge < -0.3 is 5.32 Å². The Morgan fingerprint density at radius 2 is 2.24 bits per heavy atom. The van der Waals surface area contributed by atoms with Crippen LogP contribution in [0.4, 0.5) is 0 Å². The highest BCUT2D eigenvalue weighted by Crippen LogP contribution is 2.18. The molecule has 0 aliphatic carbocycles. The van der Waals surface area contributed by atoms with Crippen molar-refractivity contribution in [2.24, 2.45) is 11.0 Å². The van der Waals surface area contributed by atoms with Gasteiger partial charge in [-0.3, -0.25) is 10.1 Å². The second-order valence-electron chi connectivity index (χ2n) is 5.35. The Labute approximate surface area is 137 Å². The fourth-order valence-electron chi connectivity index (χ4n) is 1.75. The lowest BCUT2D eigenvalue weighted by Crippen LogP contribution is -2.32. The third-order valence-corrected chi connectivity index (χ3v) is 3.46. The average Bonchev–Trinajstić information content (AvgIpc) is 2.66. The van der Waals surface area contributed by atoms with Gasteiger partial charge in [-0.2, -0.15) is 10.2 Å². The quantitative estimate of drug-likeness (QED) is 0.349. The van der Waals surface area contributed by atoms with Crippen LogP contribution in [0.1, 0.15) is 44.9 Å². The number of nitrogens with zero attached hydrogens (tertiary/aromatic N) is 3. The summed E-state index contributed by atoms with van der Waals surface area (Å²) in [7, 11) is 0. The summed E-state index contributed by atoms with van der Waals surface area (Å²) in [5, 5.41) is 12.8. The molecule has 0 bridgehead atoms. The number of nitrogens with one attached hydrogen (secondary N) is 2. The number of aryl methyl sites for hydroxylation is 1. The Morgan fingerprint density at radius 1 is 1.52 bits per heavy atom. The summed E-state index contributed by atoms with van der Waals surface area (Å²) >= 11 is 11.4. The molecular formula is C14H24ClN5S. The molecule has 0 radical (unpaired) electrons. The van der Waals surface area contributed by atoms with Crippen LogP contribution in [0, 0.1) is 12.8 Å². The van der Waals surface area contributed by atoms with Crippen molar-refractivity contribution < 1.29 is 0 Å². The summed E-state index contributed by atoms with van der Waals surface area (Å²) in [6, 6.07) is 0. The number of thiocarbonyl (C=S) groups is 1. The van der Waals surface area contributed by atoms with E-state index in [-0.39, 0.29) is 0 Å². The molecule has 0 fully saturated rings. The Morgan fingerprint density at radius 3 is 2.86 bits per heavy atom. The first-order valence-electron chi connectivity index (χ1n) is 7.25. The minimum atomic E-state index is 0.486. The predicted octanol–water partition coefficient (Wildman–Crippen LogP) is 3.10. The standard InChI is InChI=1S/C14H24ClN5S/c1-5-6-7-16-14(21)18-17-8-12-11(4)19-20(13(12)15)9-10(2)3/h8,10H,5-7,9H2,1-4H3,(H2,16,18,21)/b17-8-. The maximum absolute atomic E-state index is 6.32. The molecule has 118 valence electrons.